The fraction of sp³-hybridized carbons (Fsp3) is 0.222. The van der Waals surface area contributed by atoms with E-state index in [0.717, 1.165) is 0 Å². The third kappa shape index (κ3) is 2.14. The highest BCUT2D eigenvalue weighted by molar-refractivity contribution is 6.36. The van der Waals surface area contributed by atoms with Gasteiger partial charge < -0.3 is 5.11 Å². The molecular weight excluding hydrogens is 211 g/mol. The summed E-state index contributed by atoms with van der Waals surface area (Å²) in [6.07, 6.45) is 0. The third-order valence-electron chi connectivity index (χ3n) is 1.80. The van der Waals surface area contributed by atoms with Crippen LogP contribution in [0.15, 0.2) is 18.2 Å². The first-order valence-corrected chi connectivity index (χ1v) is 4.46. The minimum Gasteiger partial charge on any atom is -0.481 e. The van der Waals surface area contributed by atoms with Crippen molar-refractivity contribution in [3.05, 3.63) is 33.8 Å². The molecule has 2 nitrogen and oxygen atoms in total. The molecule has 0 aromatic heterocycles. The summed E-state index contributed by atoms with van der Waals surface area (Å²) < 4.78 is 0. The number of aliphatic carboxylic acids is 1. The summed E-state index contributed by atoms with van der Waals surface area (Å²) in [5, 5.41) is 9.55. The van der Waals surface area contributed by atoms with Crippen molar-refractivity contribution in [1.29, 1.82) is 0 Å². The van der Waals surface area contributed by atoms with Gasteiger partial charge in [0.25, 0.3) is 0 Å². The van der Waals surface area contributed by atoms with E-state index in [0.29, 0.717) is 15.6 Å². The number of benzene rings is 1. The molecule has 0 amide bonds. The van der Waals surface area contributed by atoms with E-state index >= 15 is 0 Å². The molecule has 0 saturated heterocycles. The summed E-state index contributed by atoms with van der Waals surface area (Å²) in [6, 6.07) is 4.94. The van der Waals surface area contributed by atoms with Gasteiger partial charge in [-0.25, -0.2) is 0 Å². The van der Waals surface area contributed by atoms with Crippen LogP contribution in [0.25, 0.3) is 0 Å². The summed E-state index contributed by atoms with van der Waals surface area (Å²) in [7, 11) is 0. The largest absolute Gasteiger partial charge is 0.481 e. The third-order valence-corrected chi connectivity index (χ3v) is 2.46. The Morgan fingerprint density at radius 2 is 1.85 bits per heavy atom. The lowest BCUT2D eigenvalue weighted by atomic mass is 10.0. The smallest absolute Gasteiger partial charge is 0.310 e. The molecule has 1 aromatic rings. The van der Waals surface area contributed by atoms with E-state index in [2.05, 4.69) is 0 Å². The van der Waals surface area contributed by atoms with E-state index < -0.39 is 11.9 Å². The standard InChI is InChI=1S/C9H8Cl2O2/c1-5(9(12)13)8-6(10)3-2-4-7(8)11/h2-5H,1H3,(H,12,13)/t5-/m1/s1. The number of carboxylic acid groups (broad SMARTS) is 1. The van der Waals surface area contributed by atoms with Gasteiger partial charge in [0.1, 0.15) is 0 Å². The Kier molecular flexibility index (Phi) is 3.17. The number of carbonyl (C=O) groups is 1. The first kappa shape index (κ1) is 10.4. The predicted molar refractivity (Wildman–Crippen MR) is 52.5 cm³/mol. The van der Waals surface area contributed by atoms with Crippen LogP contribution < -0.4 is 0 Å². The number of rotatable bonds is 2. The number of halogens is 2. The second kappa shape index (κ2) is 3.99. The van der Waals surface area contributed by atoms with E-state index in [1.165, 1.54) is 0 Å². The van der Waals surface area contributed by atoms with Gasteiger partial charge in [0, 0.05) is 15.6 Å². The Hall–Kier alpha value is -0.730. The molecule has 0 bridgehead atoms. The number of hydrogen-bond donors (Lipinski definition) is 1. The van der Waals surface area contributed by atoms with Crippen molar-refractivity contribution in [2.45, 2.75) is 12.8 Å². The van der Waals surface area contributed by atoms with Gasteiger partial charge in [0.05, 0.1) is 5.92 Å². The van der Waals surface area contributed by atoms with Crippen molar-refractivity contribution in [2.24, 2.45) is 0 Å². The molecule has 13 heavy (non-hydrogen) atoms. The maximum atomic E-state index is 10.7. The monoisotopic (exact) mass is 218 g/mol. The van der Waals surface area contributed by atoms with Gasteiger partial charge in [-0.1, -0.05) is 29.3 Å². The number of hydrogen-bond acceptors (Lipinski definition) is 1. The van der Waals surface area contributed by atoms with Crippen LogP contribution in [-0.2, 0) is 4.79 Å². The highest BCUT2D eigenvalue weighted by Gasteiger charge is 2.19. The van der Waals surface area contributed by atoms with E-state index in [1.807, 2.05) is 0 Å². The molecule has 0 spiro atoms. The predicted octanol–water partition coefficient (Wildman–Crippen LogP) is 3.18. The minimum absolute atomic E-state index is 0.391. The van der Waals surface area contributed by atoms with Crippen molar-refractivity contribution >= 4 is 29.2 Å². The second-order valence-electron chi connectivity index (χ2n) is 2.70. The van der Waals surface area contributed by atoms with Crippen LogP contribution in [0.1, 0.15) is 18.4 Å². The van der Waals surface area contributed by atoms with E-state index in [9.17, 15) is 4.79 Å². The van der Waals surface area contributed by atoms with Gasteiger partial charge in [0.2, 0.25) is 0 Å². The molecule has 0 heterocycles. The molecule has 70 valence electrons. The summed E-state index contributed by atoms with van der Waals surface area (Å²) in [4.78, 5) is 10.7. The Bertz CT molecular complexity index is 316. The lowest BCUT2D eigenvalue weighted by Gasteiger charge is -2.10. The van der Waals surface area contributed by atoms with Gasteiger partial charge >= 0.3 is 5.97 Å². The highest BCUT2D eigenvalue weighted by Crippen LogP contribution is 2.31. The van der Waals surface area contributed by atoms with Gasteiger partial charge in [-0.05, 0) is 19.1 Å². The first-order valence-electron chi connectivity index (χ1n) is 3.70. The van der Waals surface area contributed by atoms with Crippen LogP contribution in [0, 0.1) is 0 Å². The zero-order valence-electron chi connectivity index (χ0n) is 6.92. The first-order chi connectivity index (χ1) is 6.04. The van der Waals surface area contributed by atoms with E-state index in [1.54, 1.807) is 25.1 Å². The van der Waals surface area contributed by atoms with Crippen molar-refractivity contribution < 1.29 is 9.90 Å². The highest BCUT2D eigenvalue weighted by atomic mass is 35.5. The van der Waals surface area contributed by atoms with E-state index in [4.69, 9.17) is 28.3 Å². The molecule has 1 aromatic carbocycles. The fourth-order valence-corrected chi connectivity index (χ4v) is 1.77. The van der Waals surface area contributed by atoms with Crippen LogP contribution >= 0.6 is 23.2 Å². The van der Waals surface area contributed by atoms with Gasteiger partial charge in [-0.3, -0.25) is 4.79 Å². The molecule has 1 N–H and O–H groups in total. The zero-order chi connectivity index (χ0) is 10.0. The molecule has 1 atom stereocenters. The molecule has 0 fully saturated rings. The van der Waals surface area contributed by atoms with Crippen molar-refractivity contribution in [3.8, 4) is 0 Å². The van der Waals surface area contributed by atoms with Gasteiger partial charge in [-0.2, -0.15) is 0 Å². The molecule has 0 unspecified atom stereocenters. The van der Waals surface area contributed by atoms with Crippen LogP contribution in [0.5, 0.6) is 0 Å². The Morgan fingerprint density at radius 3 is 2.23 bits per heavy atom. The Labute approximate surface area is 86.1 Å². The summed E-state index contributed by atoms with van der Waals surface area (Å²) in [5.74, 6) is -1.61. The van der Waals surface area contributed by atoms with Crippen molar-refractivity contribution in [3.63, 3.8) is 0 Å². The van der Waals surface area contributed by atoms with Gasteiger partial charge in [0.15, 0.2) is 0 Å². The minimum atomic E-state index is -0.935. The summed E-state index contributed by atoms with van der Waals surface area (Å²) in [6.45, 7) is 1.55. The number of carboxylic acids is 1. The molecule has 0 aliphatic carbocycles. The van der Waals surface area contributed by atoms with Crippen LogP contribution in [-0.4, -0.2) is 11.1 Å². The normalized spacial score (nSPS) is 12.5. The Morgan fingerprint density at radius 1 is 1.38 bits per heavy atom. The fourth-order valence-electron chi connectivity index (χ4n) is 1.05. The maximum absolute atomic E-state index is 10.7. The molecule has 0 aliphatic heterocycles. The van der Waals surface area contributed by atoms with Crippen LogP contribution in [0.4, 0.5) is 0 Å². The maximum Gasteiger partial charge on any atom is 0.310 e. The summed E-state index contributed by atoms with van der Waals surface area (Å²) in [5.41, 5.74) is 0.471. The molecule has 0 radical (unpaired) electrons. The topological polar surface area (TPSA) is 37.3 Å². The lowest BCUT2D eigenvalue weighted by molar-refractivity contribution is -0.138. The molecule has 4 heteroatoms. The summed E-state index contributed by atoms with van der Waals surface area (Å²) >= 11 is 11.6. The average Bonchev–Trinajstić information content (AvgIpc) is 2.03. The average molecular weight is 219 g/mol. The lowest BCUT2D eigenvalue weighted by Crippen LogP contribution is -2.08. The SMILES string of the molecule is C[C@@H](C(=O)O)c1c(Cl)cccc1Cl. The van der Waals surface area contributed by atoms with Gasteiger partial charge in [-0.15, -0.1) is 0 Å². The quantitative estimate of drug-likeness (QED) is 0.829. The van der Waals surface area contributed by atoms with Crippen LogP contribution in [0.2, 0.25) is 10.0 Å². The molecule has 0 saturated carbocycles. The zero-order valence-corrected chi connectivity index (χ0v) is 8.43. The van der Waals surface area contributed by atoms with Crippen molar-refractivity contribution in [2.75, 3.05) is 0 Å². The Balaban J connectivity index is 3.20. The molecule has 0 aliphatic rings. The molecule has 1 rings (SSSR count). The van der Waals surface area contributed by atoms with Crippen LogP contribution in [0.3, 0.4) is 0 Å². The van der Waals surface area contributed by atoms with Crippen molar-refractivity contribution in [1.82, 2.24) is 0 Å². The van der Waals surface area contributed by atoms with E-state index in [-0.39, 0.29) is 0 Å². The second-order valence-corrected chi connectivity index (χ2v) is 3.51. The molecular formula is C9H8Cl2O2.